The van der Waals surface area contributed by atoms with Crippen molar-refractivity contribution in [2.75, 3.05) is 11.9 Å². The molecule has 0 amide bonds. The first kappa shape index (κ1) is 20.3. The van der Waals surface area contributed by atoms with Gasteiger partial charge in [0, 0.05) is 18.1 Å². The Morgan fingerprint density at radius 1 is 0.875 bits per heavy atom. The molecule has 5 rings (SSSR count). The van der Waals surface area contributed by atoms with Crippen LogP contribution in [0.3, 0.4) is 0 Å². The fourth-order valence-electron chi connectivity index (χ4n) is 3.67. The third kappa shape index (κ3) is 3.42. The summed E-state index contributed by atoms with van der Waals surface area (Å²) in [5.41, 5.74) is 2.43. The minimum Gasteiger partial charge on any atom is -0.329 e. The summed E-state index contributed by atoms with van der Waals surface area (Å²) in [6.45, 7) is 0. The van der Waals surface area contributed by atoms with Crippen molar-refractivity contribution in [1.29, 1.82) is 0 Å². The number of benzene rings is 3. The van der Waals surface area contributed by atoms with E-state index in [1.54, 1.807) is 4.40 Å². The lowest BCUT2D eigenvalue weighted by Crippen LogP contribution is -2.13. The number of hydrogen-bond donors (Lipinski definition) is 0. The van der Waals surface area contributed by atoms with Crippen LogP contribution < -0.4 is 4.90 Å². The molecule has 160 valence electrons. The lowest BCUT2D eigenvalue weighted by molar-refractivity contribution is -0.137. The molecule has 0 aliphatic rings. The summed E-state index contributed by atoms with van der Waals surface area (Å²) in [5, 5.41) is 9.04. The van der Waals surface area contributed by atoms with Crippen LogP contribution in [0.1, 0.15) is 5.56 Å². The van der Waals surface area contributed by atoms with Gasteiger partial charge in [-0.25, -0.2) is 4.40 Å². The van der Waals surface area contributed by atoms with Gasteiger partial charge >= 0.3 is 6.18 Å². The maximum absolute atomic E-state index is 12.9. The van der Waals surface area contributed by atoms with E-state index < -0.39 is 11.7 Å². The normalized spacial score (nSPS) is 11.9. The number of fused-ring (bicyclic) bond motifs is 3. The van der Waals surface area contributed by atoms with E-state index in [0.717, 1.165) is 34.3 Å². The van der Waals surface area contributed by atoms with Gasteiger partial charge in [-0.1, -0.05) is 36.4 Å². The maximum Gasteiger partial charge on any atom is 0.416 e. The van der Waals surface area contributed by atoms with Crippen LogP contribution >= 0.6 is 11.6 Å². The second-order valence-corrected chi connectivity index (χ2v) is 7.58. The number of aromatic nitrogens is 4. The van der Waals surface area contributed by atoms with Crippen molar-refractivity contribution < 1.29 is 13.2 Å². The molecule has 5 nitrogen and oxygen atoms in total. The predicted molar refractivity (Wildman–Crippen MR) is 118 cm³/mol. The predicted octanol–water partition coefficient (Wildman–Crippen LogP) is 6.38. The molecule has 0 aliphatic heterocycles. The molecule has 0 unspecified atom stereocenters. The van der Waals surface area contributed by atoms with E-state index in [1.165, 1.54) is 12.1 Å². The number of alkyl halides is 3. The van der Waals surface area contributed by atoms with E-state index >= 15 is 0 Å². The molecule has 0 saturated carbocycles. The van der Waals surface area contributed by atoms with Crippen LogP contribution in [-0.2, 0) is 6.18 Å². The zero-order chi connectivity index (χ0) is 22.5. The van der Waals surface area contributed by atoms with Gasteiger partial charge in [0.15, 0.2) is 0 Å². The molecule has 0 atom stereocenters. The Kier molecular flexibility index (Phi) is 4.74. The van der Waals surface area contributed by atoms with Gasteiger partial charge in [0.1, 0.15) is 5.82 Å². The third-order valence-corrected chi connectivity index (χ3v) is 5.54. The Morgan fingerprint density at radius 2 is 1.62 bits per heavy atom. The molecule has 0 N–H and O–H groups in total. The van der Waals surface area contributed by atoms with Gasteiger partial charge in [-0.2, -0.15) is 18.2 Å². The molecule has 3 aromatic carbocycles. The van der Waals surface area contributed by atoms with Crippen molar-refractivity contribution in [3.05, 3.63) is 83.6 Å². The number of hydrogen-bond acceptors (Lipinski definition) is 4. The number of anilines is 2. The highest BCUT2D eigenvalue weighted by Crippen LogP contribution is 2.34. The molecular formula is C23H15ClF3N5. The Bertz CT molecular complexity index is 1440. The van der Waals surface area contributed by atoms with Gasteiger partial charge in [-0.15, -0.1) is 10.2 Å². The second kappa shape index (κ2) is 7.49. The van der Waals surface area contributed by atoms with E-state index in [4.69, 9.17) is 11.6 Å². The molecule has 9 heteroatoms. The van der Waals surface area contributed by atoms with E-state index in [-0.39, 0.29) is 5.28 Å². The molecule has 0 fully saturated rings. The summed E-state index contributed by atoms with van der Waals surface area (Å²) in [7, 11) is 1.87. The van der Waals surface area contributed by atoms with Gasteiger partial charge in [-0.3, -0.25) is 0 Å². The minimum atomic E-state index is -4.36. The first-order valence-corrected chi connectivity index (χ1v) is 10.0. The van der Waals surface area contributed by atoms with E-state index in [0.29, 0.717) is 17.2 Å². The van der Waals surface area contributed by atoms with Crippen molar-refractivity contribution in [1.82, 2.24) is 19.6 Å². The van der Waals surface area contributed by atoms with Crippen LogP contribution in [0.25, 0.3) is 27.8 Å². The van der Waals surface area contributed by atoms with Crippen molar-refractivity contribution in [3.8, 4) is 11.1 Å². The van der Waals surface area contributed by atoms with Gasteiger partial charge in [-0.05, 0) is 59.1 Å². The van der Waals surface area contributed by atoms with Crippen molar-refractivity contribution in [2.24, 2.45) is 0 Å². The summed E-state index contributed by atoms with van der Waals surface area (Å²) in [5.74, 6) is 1.02. The molecule has 32 heavy (non-hydrogen) atoms. The first-order valence-electron chi connectivity index (χ1n) is 9.64. The molecule has 0 spiro atoms. The Balaban J connectivity index is 1.58. The summed E-state index contributed by atoms with van der Waals surface area (Å²) >= 11 is 6.19. The van der Waals surface area contributed by atoms with Gasteiger partial charge < -0.3 is 4.90 Å². The Morgan fingerprint density at radius 3 is 2.38 bits per heavy atom. The molecule has 0 bridgehead atoms. The van der Waals surface area contributed by atoms with Crippen LogP contribution in [0.4, 0.5) is 24.7 Å². The standard InChI is InChI=1S/C23H15ClF3N5/c1-31(20-18-7-2-3-8-19(18)32-21(24)29-30-22(32)28-20)17-6-4-5-15(13-17)14-9-11-16(12-10-14)23(25,26)27/h2-13H,1H3. The highest BCUT2D eigenvalue weighted by Gasteiger charge is 2.30. The maximum atomic E-state index is 12.9. The third-order valence-electron chi connectivity index (χ3n) is 5.29. The van der Waals surface area contributed by atoms with Crippen LogP contribution in [0, 0.1) is 0 Å². The van der Waals surface area contributed by atoms with Crippen molar-refractivity contribution in [3.63, 3.8) is 0 Å². The van der Waals surface area contributed by atoms with Crippen LogP contribution in [0.5, 0.6) is 0 Å². The highest BCUT2D eigenvalue weighted by atomic mass is 35.5. The fourth-order valence-corrected chi connectivity index (χ4v) is 3.88. The SMILES string of the molecule is CN(c1cccc(-c2ccc(C(F)(F)F)cc2)c1)c1nc2nnc(Cl)n2c2ccccc12. The quantitative estimate of drug-likeness (QED) is 0.318. The minimum absolute atomic E-state index is 0.224. The lowest BCUT2D eigenvalue weighted by Gasteiger charge is -2.21. The molecule has 2 aromatic heterocycles. The summed E-state index contributed by atoms with van der Waals surface area (Å²) in [4.78, 5) is 6.55. The lowest BCUT2D eigenvalue weighted by atomic mass is 10.0. The average Bonchev–Trinajstić information content (AvgIpc) is 3.18. The van der Waals surface area contributed by atoms with Crippen molar-refractivity contribution in [2.45, 2.75) is 6.18 Å². The summed E-state index contributed by atoms with van der Waals surface area (Å²) < 4.78 is 40.3. The monoisotopic (exact) mass is 453 g/mol. The molecule has 0 radical (unpaired) electrons. The highest BCUT2D eigenvalue weighted by molar-refractivity contribution is 6.29. The molecular weight excluding hydrogens is 439 g/mol. The number of para-hydroxylation sites is 1. The van der Waals surface area contributed by atoms with Crippen LogP contribution in [0.15, 0.2) is 72.8 Å². The summed E-state index contributed by atoms with van der Waals surface area (Å²) in [6.07, 6.45) is -4.36. The van der Waals surface area contributed by atoms with Gasteiger partial charge in [0.25, 0.3) is 5.78 Å². The Labute approximate surface area is 185 Å². The zero-order valence-electron chi connectivity index (χ0n) is 16.7. The average molecular weight is 454 g/mol. The van der Waals surface area contributed by atoms with Crippen LogP contribution in [-0.4, -0.2) is 26.6 Å². The van der Waals surface area contributed by atoms with Gasteiger partial charge in [0.05, 0.1) is 11.1 Å². The smallest absolute Gasteiger partial charge is 0.329 e. The van der Waals surface area contributed by atoms with Crippen molar-refractivity contribution >= 4 is 39.8 Å². The first-order chi connectivity index (χ1) is 15.3. The fraction of sp³-hybridized carbons (Fsp3) is 0.0870. The van der Waals surface area contributed by atoms with E-state index in [1.807, 2.05) is 60.5 Å². The zero-order valence-corrected chi connectivity index (χ0v) is 17.4. The van der Waals surface area contributed by atoms with E-state index in [2.05, 4.69) is 15.2 Å². The molecule has 0 aliphatic carbocycles. The topological polar surface area (TPSA) is 46.3 Å². The Hall–Kier alpha value is -3.65. The van der Waals surface area contributed by atoms with Gasteiger partial charge in [0.2, 0.25) is 5.28 Å². The number of nitrogens with zero attached hydrogens (tertiary/aromatic N) is 5. The largest absolute Gasteiger partial charge is 0.416 e. The van der Waals surface area contributed by atoms with Crippen LogP contribution in [0.2, 0.25) is 5.28 Å². The second-order valence-electron chi connectivity index (χ2n) is 7.24. The number of rotatable bonds is 3. The summed E-state index contributed by atoms with van der Waals surface area (Å²) in [6, 6.07) is 20.3. The van der Waals surface area contributed by atoms with E-state index in [9.17, 15) is 13.2 Å². The molecule has 5 aromatic rings. The molecule has 0 saturated heterocycles. The molecule has 2 heterocycles. The number of halogens is 4.